The second-order valence-electron chi connectivity index (χ2n) is 6.26. The summed E-state index contributed by atoms with van der Waals surface area (Å²) < 4.78 is 10.8. The van der Waals surface area contributed by atoms with E-state index in [1.54, 1.807) is 19.2 Å². The van der Waals surface area contributed by atoms with Crippen LogP contribution in [-0.2, 0) is 4.79 Å². The Kier molecular flexibility index (Phi) is 7.30. The van der Waals surface area contributed by atoms with E-state index in [2.05, 4.69) is 10.2 Å². The minimum atomic E-state index is -0.174. The van der Waals surface area contributed by atoms with Gasteiger partial charge in [-0.1, -0.05) is 23.7 Å². The number of rotatable bonds is 8. The molecule has 1 N–H and O–H groups in total. The first-order valence-electron chi connectivity index (χ1n) is 8.36. The molecule has 0 aliphatic carbocycles. The van der Waals surface area contributed by atoms with Gasteiger partial charge in [0.1, 0.15) is 11.5 Å². The molecule has 1 atom stereocenters. The quantitative estimate of drug-likeness (QED) is 0.766. The molecule has 0 unspecified atom stereocenters. The van der Waals surface area contributed by atoms with Crippen molar-refractivity contribution in [1.29, 1.82) is 0 Å². The molecule has 140 valence electrons. The molecule has 2 rings (SSSR count). The molecule has 0 aliphatic rings. The van der Waals surface area contributed by atoms with Crippen molar-refractivity contribution in [1.82, 2.24) is 10.2 Å². The number of carbonyl (C=O) groups excluding carboxylic acids is 1. The van der Waals surface area contributed by atoms with Gasteiger partial charge in [0.05, 0.1) is 13.2 Å². The monoisotopic (exact) mass is 376 g/mol. The molecule has 0 spiro atoms. The number of ether oxygens (including phenoxy) is 2. The van der Waals surface area contributed by atoms with Crippen molar-refractivity contribution in [3.05, 3.63) is 58.6 Å². The zero-order valence-corrected chi connectivity index (χ0v) is 16.3. The maximum Gasteiger partial charge on any atom is 0.258 e. The summed E-state index contributed by atoms with van der Waals surface area (Å²) >= 11 is 5.99. The number of carbonyl (C=O) groups is 1. The Bertz CT molecular complexity index is 750. The number of nitrogens with zero attached hydrogens (tertiary/aromatic N) is 1. The fourth-order valence-corrected chi connectivity index (χ4v) is 2.68. The fraction of sp³-hybridized carbons (Fsp3) is 0.350. The molecular weight excluding hydrogens is 352 g/mol. The summed E-state index contributed by atoms with van der Waals surface area (Å²) in [6.07, 6.45) is 0. The average Bonchev–Trinajstić information content (AvgIpc) is 2.62. The molecule has 26 heavy (non-hydrogen) atoms. The number of amides is 1. The van der Waals surface area contributed by atoms with Crippen LogP contribution in [0.2, 0.25) is 5.02 Å². The predicted molar refractivity (Wildman–Crippen MR) is 104 cm³/mol. The summed E-state index contributed by atoms with van der Waals surface area (Å²) in [4.78, 5) is 14.2. The standard InChI is InChI=1S/C20H25ClN2O3/c1-14-10-17(8-9-18(14)21)26-13-20(24)22-12-19(23(2)3)15-6-5-7-16(11-15)25-4/h5-11,19H,12-13H2,1-4H3,(H,22,24)/t19-/m1/s1. The molecule has 1 amide bonds. The Morgan fingerprint density at radius 1 is 1.19 bits per heavy atom. The number of halogens is 1. The number of likely N-dealkylation sites (N-methyl/N-ethyl adjacent to an activating group) is 1. The molecule has 0 fully saturated rings. The van der Waals surface area contributed by atoms with Gasteiger partial charge in [-0.25, -0.2) is 0 Å². The van der Waals surface area contributed by atoms with Crippen molar-refractivity contribution < 1.29 is 14.3 Å². The van der Waals surface area contributed by atoms with E-state index >= 15 is 0 Å². The molecule has 0 aromatic heterocycles. The lowest BCUT2D eigenvalue weighted by Gasteiger charge is -2.25. The van der Waals surface area contributed by atoms with E-state index in [4.69, 9.17) is 21.1 Å². The topological polar surface area (TPSA) is 50.8 Å². The van der Waals surface area contributed by atoms with Gasteiger partial charge in [-0.2, -0.15) is 0 Å². The average molecular weight is 377 g/mol. The highest BCUT2D eigenvalue weighted by Crippen LogP contribution is 2.22. The molecule has 0 aliphatic heterocycles. The van der Waals surface area contributed by atoms with Crippen LogP contribution >= 0.6 is 11.6 Å². The minimum absolute atomic E-state index is 0.0341. The van der Waals surface area contributed by atoms with Gasteiger partial charge in [0, 0.05) is 11.6 Å². The van der Waals surface area contributed by atoms with E-state index in [9.17, 15) is 4.79 Å². The summed E-state index contributed by atoms with van der Waals surface area (Å²) in [5, 5.41) is 3.60. The normalized spacial score (nSPS) is 11.9. The van der Waals surface area contributed by atoms with Gasteiger partial charge in [0.15, 0.2) is 6.61 Å². The lowest BCUT2D eigenvalue weighted by atomic mass is 10.1. The first kappa shape index (κ1) is 20.1. The molecule has 0 saturated heterocycles. The van der Waals surface area contributed by atoms with Crippen LogP contribution in [-0.4, -0.2) is 45.2 Å². The van der Waals surface area contributed by atoms with Gasteiger partial charge in [-0.3, -0.25) is 4.79 Å². The van der Waals surface area contributed by atoms with Crippen molar-refractivity contribution in [3.8, 4) is 11.5 Å². The smallest absolute Gasteiger partial charge is 0.258 e. The van der Waals surface area contributed by atoms with Crippen LogP contribution in [0.3, 0.4) is 0 Å². The van der Waals surface area contributed by atoms with Crippen molar-refractivity contribution in [2.45, 2.75) is 13.0 Å². The van der Waals surface area contributed by atoms with E-state index in [-0.39, 0.29) is 18.6 Å². The Morgan fingerprint density at radius 2 is 1.96 bits per heavy atom. The number of benzene rings is 2. The van der Waals surface area contributed by atoms with Crippen LogP contribution in [0.15, 0.2) is 42.5 Å². The SMILES string of the molecule is COc1cccc([C@@H](CNC(=O)COc2ccc(Cl)c(C)c2)N(C)C)c1. The largest absolute Gasteiger partial charge is 0.497 e. The Balaban J connectivity index is 1.91. The number of hydrogen-bond acceptors (Lipinski definition) is 4. The first-order chi connectivity index (χ1) is 12.4. The molecule has 0 heterocycles. The van der Waals surface area contributed by atoms with Crippen LogP contribution in [0.1, 0.15) is 17.2 Å². The van der Waals surface area contributed by atoms with Crippen molar-refractivity contribution >= 4 is 17.5 Å². The Hall–Kier alpha value is -2.24. The third-order valence-corrected chi connectivity index (χ3v) is 4.52. The van der Waals surface area contributed by atoms with E-state index in [1.165, 1.54) is 0 Å². The van der Waals surface area contributed by atoms with Crippen molar-refractivity contribution in [3.63, 3.8) is 0 Å². The fourth-order valence-electron chi connectivity index (χ4n) is 2.56. The maximum atomic E-state index is 12.1. The van der Waals surface area contributed by atoms with E-state index in [1.807, 2.05) is 51.4 Å². The van der Waals surface area contributed by atoms with Gasteiger partial charge in [-0.05, 0) is 62.5 Å². The second kappa shape index (κ2) is 9.46. The molecular formula is C20H25ClN2O3. The molecule has 5 nitrogen and oxygen atoms in total. The molecule has 6 heteroatoms. The van der Waals surface area contributed by atoms with Gasteiger partial charge in [0.2, 0.25) is 0 Å². The third kappa shape index (κ3) is 5.64. The summed E-state index contributed by atoms with van der Waals surface area (Å²) in [7, 11) is 5.59. The summed E-state index contributed by atoms with van der Waals surface area (Å²) in [6.45, 7) is 2.33. The summed E-state index contributed by atoms with van der Waals surface area (Å²) in [6, 6.07) is 13.2. The molecule has 0 radical (unpaired) electrons. The predicted octanol–water partition coefficient (Wildman–Crippen LogP) is 3.45. The first-order valence-corrected chi connectivity index (χ1v) is 8.74. The van der Waals surface area contributed by atoms with Crippen LogP contribution in [0.5, 0.6) is 11.5 Å². The van der Waals surface area contributed by atoms with Gasteiger partial charge in [0.25, 0.3) is 5.91 Å². The van der Waals surface area contributed by atoms with E-state index in [0.29, 0.717) is 17.3 Å². The van der Waals surface area contributed by atoms with Crippen LogP contribution in [0.4, 0.5) is 0 Å². The van der Waals surface area contributed by atoms with Crippen LogP contribution in [0, 0.1) is 6.92 Å². The zero-order chi connectivity index (χ0) is 19.1. The van der Waals surface area contributed by atoms with E-state index < -0.39 is 0 Å². The number of hydrogen-bond donors (Lipinski definition) is 1. The van der Waals surface area contributed by atoms with Gasteiger partial charge >= 0.3 is 0 Å². The summed E-state index contributed by atoms with van der Waals surface area (Å²) in [5.41, 5.74) is 1.99. The zero-order valence-electron chi connectivity index (χ0n) is 15.6. The highest BCUT2D eigenvalue weighted by atomic mass is 35.5. The van der Waals surface area contributed by atoms with Gasteiger partial charge < -0.3 is 19.7 Å². The molecule has 0 saturated carbocycles. The van der Waals surface area contributed by atoms with Crippen molar-refractivity contribution in [2.75, 3.05) is 34.4 Å². The summed E-state index contributed by atoms with van der Waals surface area (Å²) in [5.74, 6) is 1.24. The number of methoxy groups -OCH3 is 1. The molecule has 2 aromatic rings. The lowest BCUT2D eigenvalue weighted by Crippen LogP contribution is -2.36. The van der Waals surface area contributed by atoms with Crippen LogP contribution < -0.4 is 14.8 Å². The third-order valence-electron chi connectivity index (χ3n) is 4.09. The Morgan fingerprint density at radius 3 is 2.62 bits per heavy atom. The molecule has 2 aromatic carbocycles. The Labute approximate surface area is 159 Å². The second-order valence-corrected chi connectivity index (χ2v) is 6.67. The lowest BCUT2D eigenvalue weighted by molar-refractivity contribution is -0.123. The number of aryl methyl sites for hydroxylation is 1. The number of nitrogens with one attached hydrogen (secondary N) is 1. The van der Waals surface area contributed by atoms with Crippen molar-refractivity contribution in [2.24, 2.45) is 0 Å². The van der Waals surface area contributed by atoms with E-state index in [0.717, 1.165) is 16.9 Å². The van der Waals surface area contributed by atoms with Gasteiger partial charge in [-0.15, -0.1) is 0 Å². The minimum Gasteiger partial charge on any atom is -0.497 e. The molecule has 0 bridgehead atoms. The highest BCUT2D eigenvalue weighted by molar-refractivity contribution is 6.31. The highest BCUT2D eigenvalue weighted by Gasteiger charge is 2.16. The maximum absolute atomic E-state index is 12.1. The van der Waals surface area contributed by atoms with Crippen LogP contribution in [0.25, 0.3) is 0 Å².